The number of halogens is 2. The summed E-state index contributed by atoms with van der Waals surface area (Å²) in [7, 11) is 2.88. The third-order valence-electron chi connectivity index (χ3n) is 10.7. The van der Waals surface area contributed by atoms with Gasteiger partial charge in [0, 0.05) is 25.5 Å². The van der Waals surface area contributed by atoms with E-state index in [4.69, 9.17) is 25.4 Å². The van der Waals surface area contributed by atoms with Crippen LogP contribution < -0.4 is 25.8 Å². The smallest absolute Gasteiger partial charge is 0.272 e. The van der Waals surface area contributed by atoms with Crippen molar-refractivity contribution in [2.75, 3.05) is 29.2 Å². The number of hydrogen-bond donors (Lipinski definition) is 3. The minimum absolute atomic E-state index is 0. The Balaban J connectivity index is 0.000000275. The summed E-state index contributed by atoms with van der Waals surface area (Å²) in [5.74, 6) is -1.73. The van der Waals surface area contributed by atoms with Gasteiger partial charge in [0.2, 0.25) is 0 Å². The normalized spacial score (nSPS) is 14.7. The molecule has 0 unspecified atom stereocenters. The summed E-state index contributed by atoms with van der Waals surface area (Å²) in [5.41, 5.74) is 2.00. The van der Waals surface area contributed by atoms with E-state index in [1.165, 1.54) is 55.7 Å². The second-order valence-electron chi connectivity index (χ2n) is 14.4. The maximum atomic E-state index is 14.6. The summed E-state index contributed by atoms with van der Waals surface area (Å²) in [5, 5.41) is 10.3. The van der Waals surface area contributed by atoms with Crippen molar-refractivity contribution < 1.29 is 28.0 Å². The number of carbonyl (C=O) groups excluding carboxylic acids is 4. The highest BCUT2D eigenvalue weighted by atomic mass is 32.1. The van der Waals surface area contributed by atoms with Gasteiger partial charge in [-0.15, -0.1) is 9.97 Å². The molecule has 3 amide bonds. The van der Waals surface area contributed by atoms with Crippen LogP contribution in [-0.2, 0) is 9.59 Å². The van der Waals surface area contributed by atoms with Gasteiger partial charge in [-0.2, -0.15) is 4.99 Å². The topological polar surface area (TPSA) is 158 Å². The van der Waals surface area contributed by atoms with Crippen molar-refractivity contribution in [3.63, 3.8) is 0 Å². The highest BCUT2D eigenvalue weighted by Gasteiger charge is 2.60. The number of anilines is 3. The second-order valence-corrected chi connectivity index (χ2v) is 14.9. The fourth-order valence-electron chi connectivity index (χ4n) is 7.03. The Morgan fingerprint density at radius 2 is 1.37 bits per heavy atom. The maximum Gasteiger partial charge on any atom is 0.272 e. The highest BCUT2D eigenvalue weighted by Crippen LogP contribution is 2.48. The van der Waals surface area contributed by atoms with Gasteiger partial charge in [-0.25, -0.2) is 8.78 Å². The Hall–Kier alpha value is -6.85. The van der Waals surface area contributed by atoms with Gasteiger partial charge in [-0.1, -0.05) is 28.0 Å². The molecule has 2 aromatic heterocycles. The average Bonchev–Trinajstić information content (AvgIpc) is 3.45. The summed E-state index contributed by atoms with van der Waals surface area (Å²) in [6.07, 6.45) is 7.51. The molecule has 4 aromatic rings. The summed E-state index contributed by atoms with van der Waals surface area (Å²) < 4.78 is 28.4. The molecule has 1 spiro atoms. The van der Waals surface area contributed by atoms with Gasteiger partial charge >= 0.3 is 0 Å². The zero-order chi connectivity index (χ0) is 44.6. The van der Waals surface area contributed by atoms with Crippen LogP contribution in [0, 0.1) is 38.6 Å². The molecule has 3 fully saturated rings. The molecule has 2 aromatic carbocycles. The largest absolute Gasteiger partial charge is 0.373 e. The van der Waals surface area contributed by atoms with Crippen LogP contribution in [0.1, 0.15) is 92.1 Å². The SMILES string of the molecule is C.C.CNC(=O)c1ccc(NC2(C(C)=O)CCC2)cc1F.[C-]#[N+]c1ncc(N2C(=O)C3(CCC3)N(c3ccc(C(=O)NC)c(F)c3)C2=S)cc1C.[C-]#[N+]c1ncc(N=C=S)cc1C. The molecule has 18 heteroatoms. The number of nitrogens with zero attached hydrogens (tertiary/aromatic N) is 7. The van der Waals surface area contributed by atoms with Gasteiger partial charge in [0.05, 0.1) is 27.5 Å². The van der Waals surface area contributed by atoms with Crippen LogP contribution in [0.5, 0.6) is 0 Å². The third kappa shape index (κ3) is 10.3. The Morgan fingerprint density at radius 1 is 0.825 bits per heavy atom. The first-order valence-electron chi connectivity index (χ1n) is 18.9. The zero-order valence-corrected chi connectivity index (χ0v) is 35.5. The number of carbonyl (C=O) groups is 4. The lowest BCUT2D eigenvalue weighted by Crippen LogP contribution is -2.55. The summed E-state index contributed by atoms with van der Waals surface area (Å²) in [6.45, 7) is 19.0. The quantitative estimate of drug-likeness (QED) is 0.0884. The fourth-order valence-corrected chi connectivity index (χ4v) is 7.60. The highest BCUT2D eigenvalue weighted by molar-refractivity contribution is 7.81. The molecule has 3 aliphatic rings. The van der Waals surface area contributed by atoms with E-state index in [1.54, 1.807) is 43.0 Å². The molecule has 2 saturated carbocycles. The van der Waals surface area contributed by atoms with Crippen LogP contribution in [0.2, 0.25) is 0 Å². The molecule has 2 aliphatic carbocycles. The first kappa shape index (κ1) is 50.5. The van der Waals surface area contributed by atoms with Crippen LogP contribution in [-0.4, -0.2) is 68.9 Å². The first-order valence-corrected chi connectivity index (χ1v) is 19.7. The number of nitrogens with one attached hydrogen (secondary N) is 3. The number of aryl methyl sites for hydroxylation is 2. The molecule has 3 heterocycles. The van der Waals surface area contributed by atoms with Gasteiger partial charge < -0.3 is 30.5 Å². The molecule has 0 atom stereocenters. The maximum absolute atomic E-state index is 14.6. The molecule has 14 nitrogen and oxygen atoms in total. The van der Waals surface area contributed by atoms with Crippen molar-refractivity contribution in [1.82, 2.24) is 20.6 Å². The van der Waals surface area contributed by atoms with E-state index >= 15 is 0 Å². The Bertz CT molecular complexity index is 2580. The molecule has 1 aliphatic heterocycles. The molecule has 3 N–H and O–H groups in total. The predicted octanol–water partition coefficient (Wildman–Crippen LogP) is 9.56. The van der Waals surface area contributed by atoms with Crippen molar-refractivity contribution in [3.05, 3.63) is 118 Å². The van der Waals surface area contributed by atoms with Crippen LogP contribution in [0.15, 0.2) is 65.9 Å². The number of Topliss-reactive ketones (excluding diaryl/α,β-unsaturated/α-hetero) is 1. The Kier molecular flexibility index (Phi) is 17.1. The standard InChI is InChI=1S/C21H18FN5O2S.C14H17FN2O2.C8H5N3S.2CH4/c1-12-9-14(11-25-17(12)23-2)26-19(29)21(7-4-8-21)27(20(26)30)13-5-6-15(16(22)10-13)18(28)24-3;1-9(18)14(6-3-7-14)17-10-4-5-11(12(15)8-10)13(19)16-2;1-6-3-7(11-5-12)4-10-8(6)9-2;;/h5-6,9-11H,4,7-8H2,1,3H3,(H,24,28);4-5,8,17H,3,6-7H2,1-2H3,(H,16,19);3-4H,1H3;2*1H4. The van der Waals surface area contributed by atoms with Gasteiger partial charge in [0.25, 0.3) is 29.4 Å². The number of aromatic nitrogens is 2. The van der Waals surface area contributed by atoms with Gasteiger partial charge in [-0.3, -0.25) is 24.1 Å². The van der Waals surface area contributed by atoms with E-state index in [-0.39, 0.29) is 48.6 Å². The number of amides is 3. The molecular weight excluding hydrogens is 847 g/mol. The van der Waals surface area contributed by atoms with Crippen LogP contribution >= 0.6 is 24.4 Å². The Labute approximate surface area is 376 Å². The first-order chi connectivity index (χ1) is 29.1. The van der Waals surface area contributed by atoms with Crippen molar-refractivity contribution in [2.45, 2.75) is 85.2 Å². The van der Waals surface area contributed by atoms with E-state index in [1.807, 2.05) is 6.92 Å². The lowest BCUT2D eigenvalue weighted by Gasteiger charge is -2.43. The van der Waals surface area contributed by atoms with E-state index in [9.17, 15) is 28.0 Å². The molecule has 328 valence electrons. The van der Waals surface area contributed by atoms with Gasteiger partial charge in [0.1, 0.15) is 35.3 Å². The lowest BCUT2D eigenvalue weighted by molar-refractivity contribution is -0.124. The van der Waals surface area contributed by atoms with Crippen molar-refractivity contribution in [1.29, 1.82) is 0 Å². The minimum atomic E-state index is -0.871. The zero-order valence-electron chi connectivity index (χ0n) is 33.9. The average molecular weight is 895 g/mol. The third-order valence-corrected chi connectivity index (χ3v) is 11.2. The molecule has 1 saturated heterocycles. The van der Waals surface area contributed by atoms with E-state index in [0.29, 0.717) is 47.0 Å². The van der Waals surface area contributed by atoms with Gasteiger partial charge in [-0.05, 0) is 143 Å². The number of isothiocyanates is 1. The van der Waals surface area contributed by atoms with Gasteiger partial charge in [0.15, 0.2) is 10.9 Å². The fraction of sp³-hybridized carbons (Fsp3) is 0.333. The molecule has 0 bridgehead atoms. The number of aliphatic imine (C=N–C) groups is 1. The number of hydrogen-bond acceptors (Lipinski definition) is 10. The lowest BCUT2D eigenvalue weighted by atomic mass is 9.74. The van der Waals surface area contributed by atoms with E-state index < -0.39 is 34.5 Å². The summed E-state index contributed by atoms with van der Waals surface area (Å²) >= 11 is 10.1. The minimum Gasteiger partial charge on any atom is -0.373 e. The van der Waals surface area contributed by atoms with Crippen LogP contribution in [0.4, 0.5) is 43.2 Å². The number of benzene rings is 2. The monoisotopic (exact) mass is 894 g/mol. The number of thiocarbonyl (C=S) groups is 2. The Morgan fingerprint density at radius 3 is 1.79 bits per heavy atom. The van der Waals surface area contributed by atoms with Crippen LogP contribution in [0.25, 0.3) is 9.69 Å². The van der Waals surface area contributed by atoms with Crippen molar-refractivity contribution in [3.8, 4) is 0 Å². The number of rotatable bonds is 8. The predicted molar refractivity (Wildman–Crippen MR) is 248 cm³/mol. The second kappa shape index (κ2) is 21.3. The summed E-state index contributed by atoms with van der Waals surface area (Å²) in [6, 6.07) is 12.0. The van der Waals surface area contributed by atoms with Crippen molar-refractivity contribution >= 4 is 92.6 Å². The molecular formula is C45H48F2N10O4S2. The number of ketones is 1. The van der Waals surface area contributed by atoms with E-state index in [2.05, 4.69) is 58.0 Å². The number of pyridine rings is 2. The summed E-state index contributed by atoms with van der Waals surface area (Å²) in [4.78, 5) is 69.7. The van der Waals surface area contributed by atoms with Crippen LogP contribution in [0.3, 0.4) is 0 Å². The molecule has 0 radical (unpaired) electrons. The van der Waals surface area contributed by atoms with E-state index in [0.717, 1.165) is 31.2 Å². The molecule has 7 rings (SSSR count). The van der Waals surface area contributed by atoms with Crippen molar-refractivity contribution in [2.24, 2.45) is 4.99 Å². The molecule has 63 heavy (non-hydrogen) atoms.